The van der Waals surface area contributed by atoms with E-state index in [4.69, 9.17) is 32.2 Å². The number of alkyl carbamates (subject to hydrolysis) is 1. The number of hydrogen-bond acceptors (Lipinski definition) is 7. The maximum atomic E-state index is 14.0. The Bertz CT molecular complexity index is 1570. The number of alkyl halides is 3. The number of allylic oxidation sites excluding steroid dienone is 1. The molecule has 7 N–H and O–H groups in total. The second kappa shape index (κ2) is 13.9. The van der Waals surface area contributed by atoms with Gasteiger partial charge in [0.1, 0.15) is 17.6 Å². The van der Waals surface area contributed by atoms with E-state index in [1.807, 2.05) is 0 Å². The summed E-state index contributed by atoms with van der Waals surface area (Å²) in [6.07, 6.45) is -3.52. The number of aromatic nitrogens is 1. The molecule has 44 heavy (non-hydrogen) atoms. The molecule has 1 fully saturated rings. The van der Waals surface area contributed by atoms with Crippen LogP contribution < -0.4 is 16.4 Å². The van der Waals surface area contributed by atoms with E-state index in [1.165, 1.54) is 36.5 Å². The molecule has 1 saturated heterocycles. The van der Waals surface area contributed by atoms with Gasteiger partial charge in [-0.15, -0.1) is 0 Å². The Balaban J connectivity index is 1.53. The van der Waals surface area contributed by atoms with Crippen LogP contribution in [0, 0.1) is 11.2 Å². The Morgan fingerprint density at radius 1 is 1.23 bits per heavy atom. The summed E-state index contributed by atoms with van der Waals surface area (Å²) in [5.41, 5.74) is 5.33. The van der Waals surface area contributed by atoms with Crippen LogP contribution in [-0.4, -0.2) is 54.2 Å². The summed E-state index contributed by atoms with van der Waals surface area (Å²) >= 11 is 5.80. The molecule has 2 atom stereocenters. The second-order valence-corrected chi connectivity index (χ2v) is 10.2. The summed E-state index contributed by atoms with van der Waals surface area (Å²) in [6.45, 7) is -0.336. The minimum Gasteiger partial charge on any atom is -0.444 e. The fraction of sp³-hybridized carbons (Fsp3) is 0.276. The predicted octanol–water partition coefficient (Wildman–Crippen LogP) is 4.78. The lowest BCUT2D eigenvalue weighted by Crippen LogP contribution is -2.31. The first-order chi connectivity index (χ1) is 20.9. The molecule has 2 aromatic carbocycles. The minimum absolute atomic E-state index is 0.00704. The smallest absolute Gasteiger partial charge is 0.416 e. The molecule has 3 aromatic rings. The molecule has 0 aliphatic carbocycles. The quantitative estimate of drug-likeness (QED) is 0.138. The number of aliphatic hydroxyl groups excluding tert-OH is 1. The summed E-state index contributed by atoms with van der Waals surface area (Å²) in [6, 6.07) is 7.43. The van der Waals surface area contributed by atoms with E-state index in [2.05, 4.69) is 15.6 Å². The highest BCUT2D eigenvalue weighted by atomic mass is 35.5. The number of aliphatic hydroxyl groups is 1. The number of nitrogens with two attached hydrogens (primary N) is 1. The number of amides is 2. The Labute approximate surface area is 253 Å². The van der Waals surface area contributed by atoms with Crippen LogP contribution in [0.4, 0.5) is 22.4 Å². The zero-order valence-electron chi connectivity index (χ0n) is 22.9. The molecule has 2 heterocycles. The second-order valence-electron chi connectivity index (χ2n) is 9.77. The molecule has 15 heteroatoms. The minimum atomic E-state index is -4.80. The van der Waals surface area contributed by atoms with Gasteiger partial charge in [0.2, 0.25) is 0 Å². The number of H-pyrrole nitrogens is 1. The molecule has 4 rings (SSSR count). The van der Waals surface area contributed by atoms with Crippen LogP contribution in [0.3, 0.4) is 0 Å². The summed E-state index contributed by atoms with van der Waals surface area (Å²) < 4.78 is 65.8. The van der Waals surface area contributed by atoms with Crippen molar-refractivity contribution in [2.24, 2.45) is 5.73 Å². The third kappa shape index (κ3) is 7.75. The Hall–Kier alpha value is -4.40. The molecule has 0 bridgehead atoms. The predicted molar refractivity (Wildman–Crippen MR) is 153 cm³/mol. The van der Waals surface area contributed by atoms with Gasteiger partial charge in [0.05, 0.1) is 36.4 Å². The largest absolute Gasteiger partial charge is 0.444 e. The van der Waals surface area contributed by atoms with E-state index >= 15 is 0 Å². The molecule has 0 radical (unpaired) electrons. The first-order valence-electron chi connectivity index (χ1n) is 13.2. The van der Waals surface area contributed by atoms with Crippen LogP contribution in [0.2, 0.25) is 5.02 Å². The van der Waals surface area contributed by atoms with E-state index in [0.29, 0.717) is 18.6 Å². The number of hydrogen-bond donors (Lipinski definition) is 6. The van der Waals surface area contributed by atoms with Gasteiger partial charge in [-0.1, -0.05) is 29.8 Å². The van der Waals surface area contributed by atoms with Crippen molar-refractivity contribution in [3.05, 3.63) is 93.0 Å². The molecule has 0 spiro atoms. The van der Waals surface area contributed by atoms with Crippen molar-refractivity contribution >= 4 is 41.1 Å². The normalized spacial score (nSPS) is 16.2. The number of halogens is 5. The van der Waals surface area contributed by atoms with Crippen LogP contribution in [-0.2, 0) is 22.2 Å². The van der Waals surface area contributed by atoms with Gasteiger partial charge in [0.15, 0.2) is 0 Å². The Kier molecular flexibility index (Phi) is 10.3. The van der Waals surface area contributed by atoms with E-state index in [-0.39, 0.29) is 45.3 Å². The van der Waals surface area contributed by atoms with Gasteiger partial charge in [0, 0.05) is 42.2 Å². The number of aromatic amines is 1. The number of nitrogens with one attached hydrogen (secondary N) is 4. The van der Waals surface area contributed by atoms with Crippen molar-refractivity contribution in [1.29, 1.82) is 5.41 Å². The highest BCUT2D eigenvalue weighted by Crippen LogP contribution is 2.35. The van der Waals surface area contributed by atoms with Crippen molar-refractivity contribution in [1.82, 2.24) is 15.6 Å². The highest BCUT2D eigenvalue weighted by Gasteiger charge is 2.34. The van der Waals surface area contributed by atoms with Crippen molar-refractivity contribution in [3.63, 3.8) is 0 Å². The SMILES string of the molecule is N=C/C(=C(\N)c1c[nH]c(C(=O)N[C@H](CO)c2ccc(F)c(Cl)c2)c1)c1ccc(CNC(=O)O[C@H]2CCOC2)c(C(F)(F)F)c1. The van der Waals surface area contributed by atoms with Crippen molar-refractivity contribution in [3.8, 4) is 0 Å². The molecule has 234 valence electrons. The molecule has 2 amide bonds. The first-order valence-corrected chi connectivity index (χ1v) is 13.6. The van der Waals surface area contributed by atoms with Gasteiger partial charge in [-0.25, -0.2) is 9.18 Å². The molecule has 1 aromatic heterocycles. The Morgan fingerprint density at radius 3 is 2.64 bits per heavy atom. The van der Waals surface area contributed by atoms with Gasteiger partial charge in [-0.3, -0.25) is 4.79 Å². The summed E-state index contributed by atoms with van der Waals surface area (Å²) in [5, 5.41) is 22.3. The standard InChI is InChI=1S/C29H28ClF4N5O5/c30-22-8-16(3-4-23(22)31)25(13-40)39-27(41)24-9-18(12-37-24)26(36)20(10-35)15-1-2-17(21(7-15)29(32,33)34)11-38-28(42)44-19-5-6-43-14-19/h1-4,7-10,12,19,25,35,37,40H,5-6,11,13-14,36H2,(H,38,42)(H,39,41)/b26-20+,35-10?/t19-,25+/m0/s1. The van der Waals surface area contributed by atoms with E-state index < -0.39 is 54.9 Å². The summed E-state index contributed by atoms with van der Waals surface area (Å²) in [5.74, 6) is -1.34. The van der Waals surface area contributed by atoms with Crippen LogP contribution in [0.1, 0.15) is 50.8 Å². The fourth-order valence-corrected chi connectivity index (χ4v) is 4.67. The van der Waals surface area contributed by atoms with E-state index in [0.717, 1.165) is 18.3 Å². The van der Waals surface area contributed by atoms with Crippen molar-refractivity contribution < 1.29 is 41.7 Å². The van der Waals surface area contributed by atoms with Crippen LogP contribution in [0.15, 0.2) is 48.7 Å². The van der Waals surface area contributed by atoms with Crippen LogP contribution in [0.25, 0.3) is 11.3 Å². The number of carbonyl (C=O) groups is 2. The average Bonchev–Trinajstić information content (AvgIpc) is 3.69. The van der Waals surface area contributed by atoms with Crippen molar-refractivity contribution in [2.75, 3.05) is 19.8 Å². The maximum Gasteiger partial charge on any atom is 0.416 e. The van der Waals surface area contributed by atoms with Gasteiger partial charge in [-0.2, -0.15) is 13.2 Å². The van der Waals surface area contributed by atoms with Gasteiger partial charge in [0.25, 0.3) is 5.91 Å². The van der Waals surface area contributed by atoms with Gasteiger partial charge >= 0.3 is 12.3 Å². The monoisotopic (exact) mass is 637 g/mol. The molecular formula is C29H28ClF4N5O5. The topological polar surface area (TPSA) is 163 Å². The average molecular weight is 638 g/mol. The number of benzene rings is 2. The molecule has 0 saturated carbocycles. The van der Waals surface area contributed by atoms with Crippen LogP contribution in [0.5, 0.6) is 0 Å². The first kappa shape index (κ1) is 32.5. The summed E-state index contributed by atoms with van der Waals surface area (Å²) in [4.78, 5) is 27.6. The zero-order chi connectivity index (χ0) is 32.0. The van der Waals surface area contributed by atoms with E-state index in [9.17, 15) is 32.3 Å². The molecule has 1 aliphatic heterocycles. The lowest BCUT2D eigenvalue weighted by molar-refractivity contribution is -0.138. The zero-order valence-corrected chi connectivity index (χ0v) is 23.7. The fourth-order valence-electron chi connectivity index (χ4n) is 4.48. The summed E-state index contributed by atoms with van der Waals surface area (Å²) in [7, 11) is 0. The molecule has 0 unspecified atom stereocenters. The number of ether oxygens (including phenoxy) is 2. The Morgan fingerprint density at radius 2 is 2.00 bits per heavy atom. The number of carbonyl (C=O) groups excluding carboxylic acids is 2. The number of rotatable bonds is 10. The van der Waals surface area contributed by atoms with E-state index in [1.54, 1.807) is 0 Å². The molecule has 10 nitrogen and oxygen atoms in total. The lowest BCUT2D eigenvalue weighted by Gasteiger charge is -2.17. The highest BCUT2D eigenvalue weighted by molar-refractivity contribution is 6.30. The molecular weight excluding hydrogens is 610 g/mol. The molecule has 1 aliphatic rings. The van der Waals surface area contributed by atoms with Gasteiger partial charge in [-0.05, 0) is 41.0 Å². The third-order valence-electron chi connectivity index (χ3n) is 6.82. The van der Waals surface area contributed by atoms with Crippen LogP contribution >= 0.6 is 11.6 Å². The van der Waals surface area contributed by atoms with Gasteiger partial charge < -0.3 is 41.3 Å². The van der Waals surface area contributed by atoms with Crippen molar-refractivity contribution in [2.45, 2.75) is 31.3 Å². The third-order valence-corrected chi connectivity index (χ3v) is 7.11. The maximum absolute atomic E-state index is 14.0. The lowest BCUT2D eigenvalue weighted by atomic mass is 9.96.